The predicted octanol–water partition coefficient (Wildman–Crippen LogP) is 2.37. The van der Waals surface area contributed by atoms with Crippen molar-refractivity contribution < 1.29 is 4.74 Å². The Morgan fingerprint density at radius 3 is 2.87 bits per heavy atom. The van der Waals surface area contributed by atoms with Crippen LogP contribution in [0.15, 0.2) is 36.8 Å². The molecule has 1 aliphatic heterocycles. The minimum absolute atomic E-state index is 0.857. The van der Waals surface area contributed by atoms with Crippen LogP contribution in [0.4, 0.5) is 0 Å². The van der Waals surface area contributed by atoms with E-state index >= 15 is 0 Å². The Kier molecular flexibility index (Phi) is 3.59. The van der Waals surface area contributed by atoms with E-state index in [1.807, 2.05) is 30.5 Å². The summed E-state index contributed by atoms with van der Waals surface area (Å²) in [5, 5.41) is 0. The van der Waals surface area contributed by atoms with E-state index in [2.05, 4.69) is 19.9 Å². The molecule has 0 bridgehead atoms. The number of hydrogen-bond donors (Lipinski definition) is 2. The fraction of sp³-hybridized carbons (Fsp3) is 0.294. The summed E-state index contributed by atoms with van der Waals surface area (Å²) in [6, 6.07) is 7.99. The second kappa shape index (κ2) is 5.89. The fourth-order valence-electron chi connectivity index (χ4n) is 2.98. The third-order valence-electron chi connectivity index (χ3n) is 4.22. The van der Waals surface area contributed by atoms with Gasteiger partial charge in [-0.2, -0.15) is 0 Å². The summed E-state index contributed by atoms with van der Waals surface area (Å²) in [7, 11) is 1.68. The number of H-pyrrole nitrogens is 2. The average Bonchev–Trinajstić information content (AvgIpc) is 3.24. The molecule has 23 heavy (non-hydrogen) atoms. The third kappa shape index (κ3) is 2.85. The Bertz CT molecular complexity index is 776. The maximum absolute atomic E-state index is 5.20. The molecule has 0 radical (unpaired) electrons. The molecule has 4 rings (SSSR count). The Labute approximate surface area is 134 Å². The van der Waals surface area contributed by atoms with Crippen LogP contribution in [-0.4, -0.2) is 38.5 Å². The zero-order chi connectivity index (χ0) is 15.6. The van der Waals surface area contributed by atoms with Gasteiger partial charge in [0, 0.05) is 43.5 Å². The van der Waals surface area contributed by atoms with Crippen LogP contribution in [0.2, 0.25) is 0 Å². The van der Waals surface area contributed by atoms with Gasteiger partial charge < -0.3 is 14.7 Å². The van der Waals surface area contributed by atoms with Gasteiger partial charge in [-0.25, -0.2) is 9.97 Å². The van der Waals surface area contributed by atoms with Crippen molar-refractivity contribution in [1.82, 2.24) is 24.8 Å². The second-order valence-corrected chi connectivity index (χ2v) is 5.78. The van der Waals surface area contributed by atoms with Crippen molar-refractivity contribution in [2.45, 2.75) is 19.5 Å². The van der Waals surface area contributed by atoms with Crippen LogP contribution in [0.5, 0.6) is 5.75 Å². The van der Waals surface area contributed by atoms with Crippen molar-refractivity contribution in [3.8, 4) is 17.1 Å². The van der Waals surface area contributed by atoms with Crippen LogP contribution >= 0.6 is 0 Å². The summed E-state index contributed by atoms with van der Waals surface area (Å²) in [4.78, 5) is 17.9. The molecule has 0 amide bonds. The van der Waals surface area contributed by atoms with Gasteiger partial charge in [-0.3, -0.25) is 4.90 Å². The SMILES string of the molecule is COc1ccc(-c2nc3c([nH]2)CN(Cc2cnc[nH]2)CC3)cc1. The smallest absolute Gasteiger partial charge is 0.137 e. The molecular weight excluding hydrogens is 290 g/mol. The lowest BCUT2D eigenvalue weighted by atomic mass is 10.1. The van der Waals surface area contributed by atoms with Crippen molar-refractivity contribution in [1.29, 1.82) is 0 Å². The van der Waals surface area contributed by atoms with Crippen LogP contribution in [0.3, 0.4) is 0 Å². The normalized spacial score (nSPS) is 14.7. The highest BCUT2D eigenvalue weighted by Gasteiger charge is 2.21. The number of rotatable bonds is 4. The minimum atomic E-state index is 0.857. The van der Waals surface area contributed by atoms with Crippen LogP contribution < -0.4 is 4.74 Å². The molecule has 1 aliphatic rings. The van der Waals surface area contributed by atoms with E-state index in [9.17, 15) is 0 Å². The lowest BCUT2D eigenvalue weighted by molar-refractivity contribution is 0.239. The summed E-state index contributed by atoms with van der Waals surface area (Å²) in [6.45, 7) is 2.78. The summed E-state index contributed by atoms with van der Waals surface area (Å²) < 4.78 is 5.20. The Morgan fingerprint density at radius 1 is 1.26 bits per heavy atom. The van der Waals surface area contributed by atoms with Gasteiger partial charge in [0.25, 0.3) is 0 Å². The first kappa shape index (κ1) is 14.0. The lowest BCUT2D eigenvalue weighted by Crippen LogP contribution is -2.30. The molecule has 6 heteroatoms. The minimum Gasteiger partial charge on any atom is -0.497 e. The molecule has 3 aromatic rings. The fourth-order valence-corrected chi connectivity index (χ4v) is 2.98. The summed E-state index contributed by atoms with van der Waals surface area (Å²) in [5.41, 5.74) is 4.61. The number of fused-ring (bicyclic) bond motifs is 1. The predicted molar refractivity (Wildman–Crippen MR) is 87.0 cm³/mol. The number of aromatic nitrogens is 4. The molecular formula is C17H19N5O. The number of ether oxygens (including phenoxy) is 1. The van der Waals surface area contributed by atoms with E-state index < -0.39 is 0 Å². The van der Waals surface area contributed by atoms with Crippen molar-refractivity contribution >= 4 is 0 Å². The highest BCUT2D eigenvalue weighted by molar-refractivity contribution is 5.57. The highest BCUT2D eigenvalue weighted by Crippen LogP contribution is 2.24. The van der Waals surface area contributed by atoms with Gasteiger partial charge in [-0.05, 0) is 24.3 Å². The van der Waals surface area contributed by atoms with Gasteiger partial charge in [0.1, 0.15) is 11.6 Å². The van der Waals surface area contributed by atoms with Crippen molar-refractivity contribution in [2.75, 3.05) is 13.7 Å². The molecule has 0 saturated carbocycles. The zero-order valence-electron chi connectivity index (χ0n) is 13.0. The monoisotopic (exact) mass is 309 g/mol. The zero-order valence-corrected chi connectivity index (χ0v) is 13.0. The van der Waals surface area contributed by atoms with Crippen LogP contribution in [0.1, 0.15) is 17.1 Å². The van der Waals surface area contributed by atoms with E-state index in [4.69, 9.17) is 9.72 Å². The first-order valence-electron chi connectivity index (χ1n) is 7.73. The van der Waals surface area contributed by atoms with E-state index in [1.54, 1.807) is 13.4 Å². The Morgan fingerprint density at radius 2 is 2.13 bits per heavy atom. The first-order chi connectivity index (χ1) is 11.3. The van der Waals surface area contributed by atoms with E-state index in [-0.39, 0.29) is 0 Å². The molecule has 1 aromatic carbocycles. The van der Waals surface area contributed by atoms with Gasteiger partial charge in [-0.1, -0.05) is 0 Å². The van der Waals surface area contributed by atoms with Gasteiger partial charge in [0.15, 0.2) is 0 Å². The van der Waals surface area contributed by atoms with Gasteiger partial charge >= 0.3 is 0 Å². The van der Waals surface area contributed by atoms with Gasteiger partial charge in [0.2, 0.25) is 0 Å². The van der Waals surface area contributed by atoms with E-state index in [0.29, 0.717) is 0 Å². The second-order valence-electron chi connectivity index (χ2n) is 5.78. The third-order valence-corrected chi connectivity index (χ3v) is 4.22. The molecule has 118 valence electrons. The molecule has 0 fully saturated rings. The topological polar surface area (TPSA) is 69.8 Å². The molecule has 0 saturated heterocycles. The number of hydrogen-bond acceptors (Lipinski definition) is 4. The molecule has 0 aliphatic carbocycles. The Hall–Kier alpha value is -2.60. The molecule has 0 atom stereocenters. The van der Waals surface area contributed by atoms with Crippen LogP contribution in [-0.2, 0) is 19.5 Å². The summed E-state index contributed by atoms with van der Waals surface area (Å²) in [6.07, 6.45) is 4.57. The average molecular weight is 309 g/mol. The maximum Gasteiger partial charge on any atom is 0.137 e. The molecule has 2 N–H and O–H groups in total. The van der Waals surface area contributed by atoms with Crippen molar-refractivity contribution in [3.05, 3.63) is 53.9 Å². The number of benzene rings is 1. The number of aromatic amines is 2. The van der Waals surface area contributed by atoms with E-state index in [1.165, 1.54) is 11.4 Å². The molecule has 6 nitrogen and oxygen atoms in total. The van der Waals surface area contributed by atoms with E-state index in [0.717, 1.165) is 48.9 Å². The largest absolute Gasteiger partial charge is 0.497 e. The number of nitrogens with one attached hydrogen (secondary N) is 2. The molecule has 0 spiro atoms. The standard InChI is InChI=1S/C17H19N5O/c1-23-14-4-2-12(3-5-14)17-20-15-6-7-22(10-16(15)21-17)9-13-8-18-11-19-13/h2-5,8,11H,6-7,9-10H2,1H3,(H,18,19)(H,20,21). The summed E-state index contributed by atoms with van der Waals surface area (Å²) >= 11 is 0. The number of imidazole rings is 2. The van der Waals surface area contributed by atoms with Gasteiger partial charge in [-0.15, -0.1) is 0 Å². The molecule has 3 heterocycles. The van der Waals surface area contributed by atoms with Crippen molar-refractivity contribution in [2.24, 2.45) is 0 Å². The Balaban J connectivity index is 1.52. The number of nitrogens with zero attached hydrogens (tertiary/aromatic N) is 3. The lowest BCUT2D eigenvalue weighted by Gasteiger charge is -2.25. The van der Waals surface area contributed by atoms with Crippen LogP contribution in [0, 0.1) is 0 Å². The maximum atomic E-state index is 5.20. The number of methoxy groups -OCH3 is 1. The molecule has 0 unspecified atom stereocenters. The van der Waals surface area contributed by atoms with Gasteiger partial charge in [0.05, 0.1) is 24.8 Å². The first-order valence-corrected chi connectivity index (χ1v) is 7.73. The highest BCUT2D eigenvalue weighted by atomic mass is 16.5. The van der Waals surface area contributed by atoms with Crippen LogP contribution in [0.25, 0.3) is 11.4 Å². The molecule has 2 aromatic heterocycles. The van der Waals surface area contributed by atoms with Crippen molar-refractivity contribution in [3.63, 3.8) is 0 Å². The quantitative estimate of drug-likeness (QED) is 0.776. The summed E-state index contributed by atoms with van der Waals surface area (Å²) in [5.74, 6) is 1.79.